The zero-order valence-corrected chi connectivity index (χ0v) is 10.4. The van der Waals surface area contributed by atoms with Crippen molar-refractivity contribution >= 4 is 0 Å². The molecule has 5 heteroatoms. The van der Waals surface area contributed by atoms with E-state index in [4.69, 9.17) is 0 Å². The lowest BCUT2D eigenvalue weighted by Gasteiger charge is -2.02. The first-order valence-electron chi connectivity index (χ1n) is 5.92. The second-order valence-electron chi connectivity index (χ2n) is 4.24. The minimum absolute atomic E-state index is 0.885. The summed E-state index contributed by atoms with van der Waals surface area (Å²) >= 11 is 0. The SMILES string of the molecule is CNCCc1cn(CCn2cc(C)cn2)cn1. The largest absolute Gasteiger partial charge is 0.335 e. The molecular weight excluding hydrogens is 214 g/mol. The molecule has 0 unspecified atom stereocenters. The third kappa shape index (κ3) is 3.42. The molecule has 0 bridgehead atoms. The fourth-order valence-corrected chi connectivity index (χ4v) is 1.72. The first-order chi connectivity index (χ1) is 8.28. The quantitative estimate of drug-likeness (QED) is 0.804. The van der Waals surface area contributed by atoms with Crippen LogP contribution in [-0.4, -0.2) is 32.9 Å². The summed E-state index contributed by atoms with van der Waals surface area (Å²) in [6.45, 7) is 4.81. The Hall–Kier alpha value is -1.62. The van der Waals surface area contributed by atoms with Gasteiger partial charge in [0.25, 0.3) is 0 Å². The summed E-state index contributed by atoms with van der Waals surface area (Å²) < 4.78 is 4.07. The number of aryl methyl sites for hydroxylation is 3. The molecule has 0 amide bonds. The van der Waals surface area contributed by atoms with E-state index in [2.05, 4.69) is 39.3 Å². The Morgan fingerprint density at radius 2 is 2.18 bits per heavy atom. The first kappa shape index (κ1) is 11.9. The molecule has 0 saturated heterocycles. The average Bonchev–Trinajstić information content (AvgIpc) is 2.93. The van der Waals surface area contributed by atoms with Crippen molar-refractivity contribution in [2.75, 3.05) is 13.6 Å². The molecule has 92 valence electrons. The molecule has 0 aromatic carbocycles. The summed E-state index contributed by atoms with van der Waals surface area (Å²) in [5.41, 5.74) is 2.33. The molecule has 2 aromatic rings. The van der Waals surface area contributed by atoms with Gasteiger partial charge in [-0.15, -0.1) is 0 Å². The van der Waals surface area contributed by atoms with Crippen LogP contribution in [0.2, 0.25) is 0 Å². The Balaban J connectivity index is 1.84. The molecule has 0 radical (unpaired) electrons. The normalized spacial score (nSPS) is 10.9. The Labute approximate surface area is 101 Å². The van der Waals surface area contributed by atoms with E-state index < -0.39 is 0 Å². The van der Waals surface area contributed by atoms with Crippen molar-refractivity contribution in [2.45, 2.75) is 26.4 Å². The highest BCUT2D eigenvalue weighted by Gasteiger charge is 1.99. The Morgan fingerprint density at radius 1 is 1.29 bits per heavy atom. The number of imidazole rings is 1. The van der Waals surface area contributed by atoms with Crippen LogP contribution in [0.5, 0.6) is 0 Å². The van der Waals surface area contributed by atoms with Gasteiger partial charge in [-0.05, 0) is 19.5 Å². The fourth-order valence-electron chi connectivity index (χ4n) is 1.72. The van der Waals surface area contributed by atoms with Crippen LogP contribution in [0.4, 0.5) is 0 Å². The predicted molar refractivity (Wildman–Crippen MR) is 66.8 cm³/mol. The molecular formula is C12H19N5. The number of nitrogens with zero attached hydrogens (tertiary/aromatic N) is 4. The van der Waals surface area contributed by atoms with Crippen molar-refractivity contribution < 1.29 is 0 Å². The predicted octanol–water partition coefficient (Wildman–Crippen LogP) is 0.850. The molecule has 0 aliphatic rings. The van der Waals surface area contributed by atoms with Crippen molar-refractivity contribution in [1.82, 2.24) is 24.6 Å². The van der Waals surface area contributed by atoms with Gasteiger partial charge in [0.05, 0.1) is 24.8 Å². The topological polar surface area (TPSA) is 47.7 Å². The zero-order chi connectivity index (χ0) is 12.1. The summed E-state index contributed by atoms with van der Waals surface area (Å²) in [5.74, 6) is 0. The first-order valence-corrected chi connectivity index (χ1v) is 5.92. The summed E-state index contributed by atoms with van der Waals surface area (Å²) in [6, 6.07) is 0. The zero-order valence-electron chi connectivity index (χ0n) is 10.4. The van der Waals surface area contributed by atoms with Crippen LogP contribution in [-0.2, 0) is 19.5 Å². The molecule has 17 heavy (non-hydrogen) atoms. The average molecular weight is 233 g/mol. The fraction of sp³-hybridized carbons (Fsp3) is 0.500. The van der Waals surface area contributed by atoms with Crippen molar-refractivity contribution in [3.8, 4) is 0 Å². The number of nitrogens with one attached hydrogen (secondary N) is 1. The van der Waals surface area contributed by atoms with Crippen LogP contribution in [0.25, 0.3) is 0 Å². The molecule has 0 spiro atoms. The van der Waals surface area contributed by atoms with Crippen LogP contribution < -0.4 is 5.32 Å². The minimum atomic E-state index is 0.885. The van der Waals surface area contributed by atoms with Crippen molar-refractivity contribution in [1.29, 1.82) is 0 Å². The number of rotatable bonds is 6. The van der Waals surface area contributed by atoms with E-state index >= 15 is 0 Å². The summed E-state index contributed by atoms with van der Waals surface area (Å²) in [6.07, 6.45) is 8.91. The molecule has 0 saturated carbocycles. The third-order valence-corrected chi connectivity index (χ3v) is 2.67. The highest BCUT2D eigenvalue weighted by molar-refractivity contribution is 5.00. The maximum atomic E-state index is 4.36. The summed E-state index contributed by atoms with van der Waals surface area (Å²) in [4.78, 5) is 4.36. The van der Waals surface area contributed by atoms with Crippen LogP contribution in [0.1, 0.15) is 11.3 Å². The van der Waals surface area contributed by atoms with Gasteiger partial charge < -0.3 is 9.88 Å². The second kappa shape index (κ2) is 5.63. The van der Waals surface area contributed by atoms with Gasteiger partial charge in [-0.3, -0.25) is 4.68 Å². The maximum absolute atomic E-state index is 4.36. The summed E-state index contributed by atoms with van der Waals surface area (Å²) in [7, 11) is 1.96. The van der Waals surface area contributed by atoms with E-state index in [-0.39, 0.29) is 0 Å². The van der Waals surface area contributed by atoms with E-state index in [9.17, 15) is 0 Å². The molecule has 0 atom stereocenters. The van der Waals surface area contributed by atoms with Gasteiger partial charge in [-0.1, -0.05) is 0 Å². The number of hydrogen-bond acceptors (Lipinski definition) is 3. The van der Waals surface area contributed by atoms with Crippen molar-refractivity contribution in [3.63, 3.8) is 0 Å². The van der Waals surface area contributed by atoms with E-state index in [0.29, 0.717) is 0 Å². The third-order valence-electron chi connectivity index (χ3n) is 2.67. The lowest BCUT2D eigenvalue weighted by molar-refractivity contribution is 0.532. The number of aromatic nitrogens is 4. The smallest absolute Gasteiger partial charge is 0.0950 e. The van der Waals surface area contributed by atoms with Gasteiger partial charge in [0.15, 0.2) is 0 Å². The van der Waals surface area contributed by atoms with Crippen LogP contribution in [0, 0.1) is 6.92 Å². The van der Waals surface area contributed by atoms with E-state index in [0.717, 1.165) is 31.7 Å². The van der Waals surface area contributed by atoms with Crippen LogP contribution >= 0.6 is 0 Å². The Morgan fingerprint density at radius 3 is 2.88 bits per heavy atom. The number of likely N-dealkylation sites (N-methyl/N-ethyl adjacent to an activating group) is 1. The molecule has 0 aliphatic carbocycles. The van der Waals surface area contributed by atoms with Crippen molar-refractivity contribution in [3.05, 3.63) is 36.2 Å². The van der Waals surface area contributed by atoms with Crippen molar-refractivity contribution in [2.24, 2.45) is 0 Å². The van der Waals surface area contributed by atoms with E-state index in [1.165, 1.54) is 5.56 Å². The Kier molecular flexibility index (Phi) is 3.93. The van der Waals surface area contributed by atoms with E-state index in [1.54, 1.807) is 0 Å². The monoisotopic (exact) mass is 233 g/mol. The second-order valence-corrected chi connectivity index (χ2v) is 4.24. The number of hydrogen-bond donors (Lipinski definition) is 1. The molecule has 2 heterocycles. The minimum Gasteiger partial charge on any atom is -0.335 e. The highest BCUT2D eigenvalue weighted by atomic mass is 15.3. The lowest BCUT2D eigenvalue weighted by Crippen LogP contribution is -2.10. The van der Waals surface area contributed by atoms with Gasteiger partial charge in [-0.2, -0.15) is 5.10 Å². The summed E-state index contributed by atoms with van der Waals surface area (Å²) in [5, 5.41) is 7.38. The van der Waals surface area contributed by atoms with Crippen LogP contribution in [0.3, 0.4) is 0 Å². The Bertz CT molecular complexity index is 457. The lowest BCUT2D eigenvalue weighted by atomic mass is 10.3. The molecule has 5 nitrogen and oxygen atoms in total. The standard InChI is InChI=1S/C12H19N5/c1-11-7-15-17(8-11)6-5-16-9-12(14-10-16)3-4-13-2/h7-10,13H,3-6H2,1-2H3. The molecule has 2 aromatic heterocycles. The van der Waals surface area contributed by atoms with Gasteiger partial charge in [0.2, 0.25) is 0 Å². The highest BCUT2D eigenvalue weighted by Crippen LogP contribution is 1.99. The van der Waals surface area contributed by atoms with Gasteiger partial charge in [-0.25, -0.2) is 4.98 Å². The van der Waals surface area contributed by atoms with E-state index in [1.807, 2.05) is 24.3 Å². The van der Waals surface area contributed by atoms with Gasteiger partial charge in [0, 0.05) is 31.9 Å². The van der Waals surface area contributed by atoms with Crippen LogP contribution in [0.15, 0.2) is 24.9 Å². The molecule has 2 rings (SSSR count). The molecule has 0 fully saturated rings. The molecule has 0 aliphatic heterocycles. The van der Waals surface area contributed by atoms with Gasteiger partial charge >= 0.3 is 0 Å². The van der Waals surface area contributed by atoms with Gasteiger partial charge in [0.1, 0.15) is 0 Å². The molecule has 1 N–H and O–H groups in total. The maximum Gasteiger partial charge on any atom is 0.0950 e.